The van der Waals surface area contributed by atoms with Crippen molar-refractivity contribution in [3.05, 3.63) is 11.6 Å². The summed E-state index contributed by atoms with van der Waals surface area (Å²) in [6.07, 6.45) is 8.03. The van der Waals surface area contributed by atoms with Crippen molar-refractivity contribution in [1.29, 1.82) is 0 Å². The zero-order chi connectivity index (χ0) is 23.1. The van der Waals surface area contributed by atoms with Gasteiger partial charge in [-0.25, -0.2) is 4.79 Å². The number of unbranched alkanes of at least 4 members (excludes halogenated alkanes) is 8. The van der Waals surface area contributed by atoms with Crippen molar-refractivity contribution in [1.82, 2.24) is 5.32 Å². The summed E-state index contributed by atoms with van der Waals surface area (Å²) in [5, 5.41) is 20.9. The second kappa shape index (κ2) is 15.4. The molecule has 0 saturated heterocycles. The van der Waals surface area contributed by atoms with Crippen LogP contribution >= 0.6 is 0 Å². The van der Waals surface area contributed by atoms with E-state index in [2.05, 4.69) is 17.0 Å². The lowest BCUT2D eigenvalue weighted by atomic mass is 10.1. The van der Waals surface area contributed by atoms with Gasteiger partial charge in [-0.2, -0.15) is 0 Å². The first kappa shape index (κ1) is 26.6. The van der Waals surface area contributed by atoms with Crippen LogP contribution in [0.1, 0.15) is 84.0 Å². The van der Waals surface area contributed by atoms with E-state index in [9.17, 15) is 24.3 Å². The lowest BCUT2D eigenvalue weighted by Gasteiger charge is -2.21. The van der Waals surface area contributed by atoms with Gasteiger partial charge >= 0.3 is 17.9 Å². The van der Waals surface area contributed by atoms with Crippen LogP contribution in [0.3, 0.4) is 0 Å². The fraction of sp³-hybridized carbons (Fsp3) is 0.727. The Bertz CT molecular complexity index is 631. The molecule has 31 heavy (non-hydrogen) atoms. The molecule has 0 saturated carbocycles. The van der Waals surface area contributed by atoms with Gasteiger partial charge in [-0.05, 0) is 6.42 Å². The van der Waals surface area contributed by atoms with E-state index in [1.807, 2.05) is 0 Å². The largest absolute Gasteiger partial charge is 0.481 e. The van der Waals surface area contributed by atoms with Gasteiger partial charge in [-0.15, -0.1) is 0 Å². The number of hydrogen-bond donors (Lipinski definition) is 3. The number of carbonyl (C=O) groups is 4. The summed E-state index contributed by atoms with van der Waals surface area (Å²) >= 11 is 0. The monoisotopic (exact) mass is 441 g/mol. The summed E-state index contributed by atoms with van der Waals surface area (Å²) in [4.78, 5) is 45.9. The van der Waals surface area contributed by atoms with Gasteiger partial charge in [0.2, 0.25) is 12.2 Å². The van der Waals surface area contributed by atoms with Crippen LogP contribution in [-0.4, -0.2) is 53.0 Å². The second-order valence-corrected chi connectivity index (χ2v) is 7.69. The highest BCUT2D eigenvalue weighted by molar-refractivity contribution is 5.86. The van der Waals surface area contributed by atoms with Crippen LogP contribution in [0.2, 0.25) is 0 Å². The van der Waals surface area contributed by atoms with Gasteiger partial charge < -0.3 is 25.0 Å². The highest BCUT2D eigenvalue weighted by Crippen LogP contribution is 2.20. The van der Waals surface area contributed by atoms with E-state index in [-0.39, 0.29) is 31.4 Å². The predicted molar refractivity (Wildman–Crippen MR) is 112 cm³/mol. The van der Waals surface area contributed by atoms with Gasteiger partial charge in [0, 0.05) is 24.5 Å². The van der Waals surface area contributed by atoms with Gasteiger partial charge in [-0.3, -0.25) is 14.4 Å². The first-order valence-corrected chi connectivity index (χ1v) is 11.1. The third kappa shape index (κ3) is 12.1. The van der Waals surface area contributed by atoms with Crippen LogP contribution in [0, 0.1) is 0 Å². The molecule has 1 heterocycles. The molecule has 2 atom stereocenters. The molecular formula is C22H35NO8. The van der Waals surface area contributed by atoms with Crippen molar-refractivity contribution in [2.24, 2.45) is 0 Å². The maximum atomic E-state index is 12.2. The number of nitrogens with one attached hydrogen (secondary N) is 1. The molecule has 1 aliphatic rings. The molecule has 0 radical (unpaired) electrons. The number of cyclic esters (lactones) is 1. The van der Waals surface area contributed by atoms with E-state index in [0.717, 1.165) is 25.3 Å². The van der Waals surface area contributed by atoms with E-state index in [0.29, 0.717) is 6.42 Å². The molecule has 3 N–H and O–H groups in total. The van der Waals surface area contributed by atoms with E-state index in [1.54, 1.807) is 0 Å². The zero-order valence-electron chi connectivity index (χ0n) is 18.3. The first-order valence-electron chi connectivity index (χ1n) is 11.1. The topological polar surface area (TPSA) is 139 Å². The van der Waals surface area contributed by atoms with Gasteiger partial charge in [0.1, 0.15) is 6.10 Å². The standard InChI is InChI=1S/C22H35NO8/c1-2-3-4-5-6-7-8-9-10-11-20(27)30-17(16-14-21(28)31-22(16)29)15-23-18(24)12-13-19(25)26/h14,17,22,29H,2-13,15H2,1H3,(H,23,24)(H,25,26). The SMILES string of the molecule is CCCCCCCCCCCC(=O)OC(CNC(=O)CCC(=O)O)C1=CC(=O)OC1O. The molecule has 0 aromatic rings. The van der Waals surface area contributed by atoms with Crippen LogP contribution in [-0.2, 0) is 28.7 Å². The molecule has 0 spiro atoms. The molecule has 1 amide bonds. The van der Waals surface area contributed by atoms with Crippen molar-refractivity contribution in [3.63, 3.8) is 0 Å². The smallest absolute Gasteiger partial charge is 0.333 e. The predicted octanol–water partition coefficient (Wildman–Crippen LogP) is 2.60. The van der Waals surface area contributed by atoms with Gasteiger partial charge in [0.05, 0.1) is 13.0 Å². The van der Waals surface area contributed by atoms with Gasteiger partial charge in [-0.1, -0.05) is 58.3 Å². The van der Waals surface area contributed by atoms with E-state index < -0.39 is 36.2 Å². The summed E-state index contributed by atoms with van der Waals surface area (Å²) in [6.45, 7) is 1.99. The normalized spacial score (nSPS) is 16.4. The Labute approximate surface area is 183 Å². The first-order chi connectivity index (χ1) is 14.8. The van der Waals surface area contributed by atoms with E-state index >= 15 is 0 Å². The Morgan fingerprint density at radius 3 is 2.19 bits per heavy atom. The van der Waals surface area contributed by atoms with Gasteiger partial charge in [0.15, 0.2) is 0 Å². The maximum absolute atomic E-state index is 12.2. The summed E-state index contributed by atoms with van der Waals surface area (Å²) in [5.74, 6) is -2.91. The molecule has 1 rings (SSSR count). The molecule has 0 aliphatic carbocycles. The summed E-state index contributed by atoms with van der Waals surface area (Å²) < 4.78 is 10.00. The summed E-state index contributed by atoms with van der Waals surface area (Å²) in [5.41, 5.74) is 0.0453. The molecule has 0 aromatic carbocycles. The molecule has 176 valence electrons. The minimum absolute atomic E-state index is 0.0453. The van der Waals surface area contributed by atoms with Crippen LogP contribution in [0.5, 0.6) is 0 Å². The summed E-state index contributed by atoms with van der Waals surface area (Å²) in [6, 6.07) is 0. The molecule has 0 bridgehead atoms. The molecule has 1 aliphatic heterocycles. The number of carboxylic acid groups (broad SMARTS) is 1. The van der Waals surface area contributed by atoms with Crippen molar-refractivity contribution in [2.45, 2.75) is 96.4 Å². The molecule has 0 aromatic heterocycles. The lowest BCUT2D eigenvalue weighted by molar-refractivity contribution is -0.154. The molecular weight excluding hydrogens is 406 g/mol. The number of esters is 2. The van der Waals surface area contributed by atoms with Crippen molar-refractivity contribution < 1.29 is 38.9 Å². The Morgan fingerprint density at radius 2 is 1.65 bits per heavy atom. The number of aliphatic carboxylic acids is 1. The minimum atomic E-state index is -1.55. The highest BCUT2D eigenvalue weighted by atomic mass is 16.6. The number of hydrogen-bond acceptors (Lipinski definition) is 7. The Hall–Kier alpha value is -2.42. The van der Waals surface area contributed by atoms with Crippen LogP contribution < -0.4 is 5.32 Å². The van der Waals surface area contributed by atoms with Crippen LogP contribution in [0.15, 0.2) is 11.6 Å². The lowest BCUT2D eigenvalue weighted by Crippen LogP contribution is -2.38. The fourth-order valence-corrected chi connectivity index (χ4v) is 3.21. The van der Waals surface area contributed by atoms with Crippen molar-refractivity contribution in [2.75, 3.05) is 6.54 Å². The molecule has 9 nitrogen and oxygen atoms in total. The summed E-state index contributed by atoms with van der Waals surface area (Å²) in [7, 11) is 0. The number of rotatable bonds is 17. The van der Waals surface area contributed by atoms with Crippen LogP contribution in [0.25, 0.3) is 0 Å². The fourth-order valence-electron chi connectivity index (χ4n) is 3.21. The molecule has 2 unspecified atom stereocenters. The molecule has 0 fully saturated rings. The van der Waals surface area contributed by atoms with E-state index in [1.165, 1.54) is 32.1 Å². The number of ether oxygens (including phenoxy) is 2. The minimum Gasteiger partial charge on any atom is -0.481 e. The third-order valence-corrected chi connectivity index (χ3v) is 4.98. The van der Waals surface area contributed by atoms with E-state index in [4.69, 9.17) is 9.84 Å². The number of aliphatic hydroxyl groups is 1. The highest BCUT2D eigenvalue weighted by Gasteiger charge is 2.33. The molecule has 9 heteroatoms. The number of carbonyl (C=O) groups excluding carboxylic acids is 3. The average Bonchev–Trinajstić information content (AvgIpc) is 3.06. The third-order valence-electron chi connectivity index (χ3n) is 4.98. The zero-order valence-corrected chi connectivity index (χ0v) is 18.3. The number of carboxylic acids is 1. The van der Waals surface area contributed by atoms with Crippen molar-refractivity contribution in [3.8, 4) is 0 Å². The Balaban J connectivity index is 2.40. The Morgan fingerprint density at radius 1 is 1.03 bits per heavy atom. The van der Waals surface area contributed by atoms with Crippen LogP contribution in [0.4, 0.5) is 0 Å². The Kier molecular flexibility index (Phi) is 13.2. The number of amides is 1. The number of aliphatic hydroxyl groups excluding tert-OH is 1. The van der Waals surface area contributed by atoms with Crippen molar-refractivity contribution >= 4 is 23.8 Å². The second-order valence-electron chi connectivity index (χ2n) is 7.69. The van der Waals surface area contributed by atoms with Gasteiger partial charge in [0.25, 0.3) is 0 Å². The quantitative estimate of drug-likeness (QED) is 0.231. The maximum Gasteiger partial charge on any atom is 0.333 e. The average molecular weight is 442 g/mol.